The third-order valence-corrected chi connectivity index (χ3v) is 4.35. The molecule has 0 bridgehead atoms. The van der Waals surface area contributed by atoms with Gasteiger partial charge in [0.15, 0.2) is 0 Å². The molecule has 1 nitrogen and oxygen atoms in total. The Labute approximate surface area is 134 Å². The van der Waals surface area contributed by atoms with Crippen molar-refractivity contribution in [2.45, 2.75) is 18.7 Å². The number of methoxy groups -OCH3 is 1. The number of benzene rings is 2. The molecule has 0 saturated carbocycles. The first kappa shape index (κ1) is 15.5. The molecule has 2 aromatic carbocycles. The van der Waals surface area contributed by atoms with Crippen LogP contribution in [0.3, 0.4) is 0 Å². The van der Waals surface area contributed by atoms with Crippen molar-refractivity contribution >= 4 is 34.8 Å². The summed E-state index contributed by atoms with van der Waals surface area (Å²) in [6, 6.07) is 11.5. The number of ether oxygens (including phenoxy) is 1. The monoisotopic (exact) mass is 328 g/mol. The Morgan fingerprint density at radius 1 is 1.05 bits per heavy atom. The van der Waals surface area contributed by atoms with Crippen LogP contribution >= 0.6 is 34.8 Å². The highest BCUT2D eigenvalue weighted by Gasteiger charge is 2.19. The highest BCUT2D eigenvalue weighted by atomic mass is 35.5. The molecule has 0 radical (unpaired) electrons. The second kappa shape index (κ2) is 6.71. The summed E-state index contributed by atoms with van der Waals surface area (Å²) in [5.41, 5.74) is 3.05. The maximum Gasteiger partial charge on any atom is 0.138 e. The zero-order valence-electron chi connectivity index (χ0n) is 11.3. The molecule has 0 fully saturated rings. The van der Waals surface area contributed by atoms with Crippen molar-refractivity contribution in [3.8, 4) is 5.75 Å². The summed E-state index contributed by atoms with van der Waals surface area (Å²) in [5, 5.41) is 0.728. The molecule has 0 aliphatic heterocycles. The molecule has 1 atom stereocenters. The van der Waals surface area contributed by atoms with Crippen LogP contribution in [-0.2, 0) is 6.42 Å². The van der Waals surface area contributed by atoms with E-state index in [9.17, 15) is 0 Å². The Morgan fingerprint density at radius 3 is 2.40 bits per heavy atom. The lowest BCUT2D eigenvalue weighted by molar-refractivity contribution is 0.415. The van der Waals surface area contributed by atoms with Crippen LogP contribution in [0.25, 0.3) is 0 Å². The van der Waals surface area contributed by atoms with Gasteiger partial charge in [-0.15, -0.1) is 11.6 Å². The van der Waals surface area contributed by atoms with Crippen molar-refractivity contribution in [3.05, 3.63) is 63.1 Å². The summed E-state index contributed by atoms with van der Waals surface area (Å²) in [4.78, 5) is 0. The van der Waals surface area contributed by atoms with Gasteiger partial charge in [0.1, 0.15) is 5.75 Å². The first-order valence-electron chi connectivity index (χ1n) is 6.33. The summed E-state index contributed by atoms with van der Waals surface area (Å²) >= 11 is 19.1. The Bertz CT molecular complexity index is 611. The molecule has 1 unspecified atom stereocenters. The lowest BCUT2D eigenvalue weighted by atomic mass is 9.97. The maximum absolute atomic E-state index is 6.60. The fraction of sp³-hybridized carbons (Fsp3) is 0.250. The van der Waals surface area contributed by atoms with E-state index in [1.54, 1.807) is 19.2 Å². The van der Waals surface area contributed by atoms with E-state index in [0.29, 0.717) is 15.8 Å². The Balaban J connectivity index is 2.48. The number of halogens is 3. The van der Waals surface area contributed by atoms with Gasteiger partial charge in [0, 0.05) is 11.1 Å². The number of aryl methyl sites for hydroxylation is 1. The van der Waals surface area contributed by atoms with Crippen molar-refractivity contribution in [1.29, 1.82) is 0 Å². The molecule has 0 N–H and O–H groups in total. The van der Waals surface area contributed by atoms with E-state index in [0.717, 1.165) is 17.5 Å². The van der Waals surface area contributed by atoms with E-state index in [1.807, 2.05) is 18.2 Å². The van der Waals surface area contributed by atoms with Crippen LogP contribution in [0.4, 0.5) is 0 Å². The molecule has 4 heteroatoms. The maximum atomic E-state index is 6.60. The summed E-state index contributed by atoms with van der Waals surface area (Å²) in [6.45, 7) is 2.10. The van der Waals surface area contributed by atoms with Crippen molar-refractivity contribution in [2.75, 3.05) is 7.11 Å². The van der Waals surface area contributed by atoms with Gasteiger partial charge in [-0.25, -0.2) is 0 Å². The van der Waals surface area contributed by atoms with Crippen LogP contribution in [0, 0.1) is 0 Å². The molecule has 0 aliphatic carbocycles. The predicted octanol–water partition coefficient (Wildman–Crippen LogP) is 5.89. The first-order valence-corrected chi connectivity index (χ1v) is 7.52. The Kier molecular flexibility index (Phi) is 5.20. The standard InChI is InChI=1S/C16H15Cl3O/c1-3-10-6-4-5-7-11(10)16(19)12-8-14(18)15(20-2)9-13(12)17/h4-9,16H,3H2,1-2H3. The average molecular weight is 330 g/mol. The molecule has 0 saturated heterocycles. The van der Waals surface area contributed by atoms with Crippen LogP contribution in [0.2, 0.25) is 10.0 Å². The molecule has 2 aromatic rings. The fourth-order valence-electron chi connectivity index (χ4n) is 2.17. The minimum Gasteiger partial charge on any atom is -0.495 e. The second-order valence-electron chi connectivity index (χ2n) is 4.42. The van der Waals surface area contributed by atoms with Gasteiger partial charge in [-0.1, -0.05) is 54.4 Å². The predicted molar refractivity (Wildman–Crippen MR) is 86.5 cm³/mol. The zero-order chi connectivity index (χ0) is 14.7. The fourth-order valence-corrected chi connectivity index (χ4v) is 3.13. The van der Waals surface area contributed by atoms with Crippen LogP contribution in [0.1, 0.15) is 29.0 Å². The highest BCUT2D eigenvalue weighted by Crippen LogP contribution is 2.40. The number of rotatable bonds is 4. The van der Waals surface area contributed by atoms with E-state index >= 15 is 0 Å². The molecular weight excluding hydrogens is 315 g/mol. The molecule has 20 heavy (non-hydrogen) atoms. The SMILES string of the molecule is CCc1ccccc1C(Cl)c1cc(Cl)c(OC)cc1Cl. The molecule has 0 spiro atoms. The summed E-state index contributed by atoms with van der Waals surface area (Å²) < 4.78 is 5.15. The van der Waals surface area contributed by atoms with Crippen LogP contribution in [0.15, 0.2) is 36.4 Å². The van der Waals surface area contributed by atoms with Crippen LogP contribution in [-0.4, -0.2) is 7.11 Å². The van der Waals surface area contributed by atoms with Crippen molar-refractivity contribution in [3.63, 3.8) is 0 Å². The van der Waals surface area contributed by atoms with Crippen molar-refractivity contribution in [1.82, 2.24) is 0 Å². The number of hydrogen-bond acceptors (Lipinski definition) is 1. The second-order valence-corrected chi connectivity index (χ2v) is 5.67. The minimum absolute atomic E-state index is 0.331. The lowest BCUT2D eigenvalue weighted by Crippen LogP contribution is -2.00. The van der Waals surface area contributed by atoms with Gasteiger partial charge in [-0.3, -0.25) is 0 Å². The minimum atomic E-state index is -0.331. The number of alkyl halides is 1. The van der Waals surface area contributed by atoms with Gasteiger partial charge >= 0.3 is 0 Å². The van der Waals surface area contributed by atoms with Gasteiger partial charge in [0.25, 0.3) is 0 Å². The smallest absolute Gasteiger partial charge is 0.138 e. The van der Waals surface area contributed by atoms with Gasteiger partial charge < -0.3 is 4.74 Å². The molecule has 0 aliphatic rings. The first-order chi connectivity index (χ1) is 9.58. The summed E-state index contributed by atoms with van der Waals surface area (Å²) in [6.07, 6.45) is 0.918. The average Bonchev–Trinajstić information content (AvgIpc) is 2.48. The zero-order valence-corrected chi connectivity index (χ0v) is 13.6. The third-order valence-electron chi connectivity index (χ3n) is 3.25. The van der Waals surface area contributed by atoms with E-state index in [4.69, 9.17) is 39.5 Å². The van der Waals surface area contributed by atoms with E-state index in [2.05, 4.69) is 13.0 Å². The topological polar surface area (TPSA) is 9.23 Å². The summed E-state index contributed by atoms with van der Waals surface area (Å²) in [7, 11) is 1.56. The van der Waals surface area contributed by atoms with Gasteiger partial charge in [-0.2, -0.15) is 0 Å². The van der Waals surface area contributed by atoms with Gasteiger partial charge in [0.05, 0.1) is 17.5 Å². The highest BCUT2D eigenvalue weighted by molar-refractivity contribution is 6.36. The largest absolute Gasteiger partial charge is 0.495 e. The van der Waals surface area contributed by atoms with E-state index < -0.39 is 0 Å². The van der Waals surface area contributed by atoms with Gasteiger partial charge in [-0.05, 0) is 29.2 Å². The Morgan fingerprint density at radius 2 is 1.75 bits per heavy atom. The summed E-state index contributed by atoms with van der Waals surface area (Å²) in [5.74, 6) is 0.549. The number of hydrogen-bond donors (Lipinski definition) is 0. The van der Waals surface area contributed by atoms with Crippen molar-refractivity contribution in [2.24, 2.45) is 0 Å². The van der Waals surface area contributed by atoms with Crippen molar-refractivity contribution < 1.29 is 4.74 Å². The third kappa shape index (κ3) is 3.06. The lowest BCUT2D eigenvalue weighted by Gasteiger charge is -2.17. The van der Waals surface area contributed by atoms with E-state index in [1.165, 1.54) is 5.56 Å². The Hall–Kier alpha value is -0.890. The van der Waals surface area contributed by atoms with Gasteiger partial charge in [0.2, 0.25) is 0 Å². The molecule has 0 amide bonds. The quantitative estimate of drug-likeness (QED) is 0.635. The van der Waals surface area contributed by atoms with Crippen LogP contribution < -0.4 is 4.74 Å². The van der Waals surface area contributed by atoms with Crippen LogP contribution in [0.5, 0.6) is 5.75 Å². The molecule has 2 rings (SSSR count). The molecule has 0 aromatic heterocycles. The molecule has 106 valence electrons. The molecule has 0 heterocycles. The normalized spacial score (nSPS) is 12.2. The van der Waals surface area contributed by atoms with E-state index in [-0.39, 0.29) is 5.38 Å². The molecular formula is C16H15Cl3O.